The van der Waals surface area contributed by atoms with E-state index in [-0.39, 0.29) is 22.5 Å². The van der Waals surface area contributed by atoms with E-state index in [9.17, 15) is 40.2 Å². The molecule has 5 atom stereocenters. The maximum atomic E-state index is 12.6. The van der Waals surface area contributed by atoms with Gasteiger partial charge in [-0.15, -0.1) is 0 Å². The van der Waals surface area contributed by atoms with Crippen molar-refractivity contribution in [2.45, 2.75) is 30.7 Å². The van der Waals surface area contributed by atoms with Gasteiger partial charge in [0.1, 0.15) is 40.8 Å². The molecule has 8 N–H and O–H groups in total. The normalized spacial score (nSPS) is 25.1. The lowest BCUT2D eigenvalue weighted by molar-refractivity contribution is -0.266. The van der Waals surface area contributed by atoms with Crippen molar-refractivity contribution in [2.24, 2.45) is 5.73 Å². The van der Waals surface area contributed by atoms with Crippen LogP contribution in [-0.2, 0) is 9.53 Å². The quantitative estimate of drug-likeness (QED) is 0.240. The third kappa shape index (κ3) is 3.91. The summed E-state index contributed by atoms with van der Waals surface area (Å²) in [4.78, 5) is 24.0. The number of nitrogens with two attached hydrogens (primary N) is 1. The molecule has 0 bridgehead atoms. The lowest BCUT2D eigenvalue weighted by Gasteiger charge is -2.38. The van der Waals surface area contributed by atoms with Gasteiger partial charge >= 0.3 is 0 Å². The van der Waals surface area contributed by atoms with Crippen molar-refractivity contribution in [1.29, 1.82) is 0 Å². The average molecular weight is 461 g/mol. The fourth-order valence-corrected chi connectivity index (χ4v) is 3.43. The molecule has 2 heterocycles. The van der Waals surface area contributed by atoms with Gasteiger partial charge in [-0.05, 0) is 24.3 Å². The molecule has 1 amide bonds. The molecule has 12 nitrogen and oxygen atoms in total. The van der Waals surface area contributed by atoms with Gasteiger partial charge in [-0.3, -0.25) is 9.59 Å². The van der Waals surface area contributed by atoms with E-state index in [1.807, 2.05) is 0 Å². The zero-order valence-electron chi connectivity index (χ0n) is 16.7. The summed E-state index contributed by atoms with van der Waals surface area (Å²) in [6.07, 6.45) is -9.11. The van der Waals surface area contributed by atoms with Gasteiger partial charge in [0, 0.05) is 17.7 Å². The fraction of sp³-hybridized carbons (Fsp3) is 0.238. The van der Waals surface area contributed by atoms with Gasteiger partial charge in [0.25, 0.3) is 0 Å². The van der Waals surface area contributed by atoms with Crippen molar-refractivity contribution in [1.82, 2.24) is 0 Å². The summed E-state index contributed by atoms with van der Waals surface area (Å²) in [5.41, 5.74) is 4.64. The van der Waals surface area contributed by atoms with E-state index in [1.165, 1.54) is 24.3 Å². The fourth-order valence-electron chi connectivity index (χ4n) is 3.43. The third-order valence-electron chi connectivity index (χ3n) is 5.18. The Morgan fingerprint density at radius 1 is 0.939 bits per heavy atom. The number of aliphatic hydroxyl groups excluding tert-OH is 3. The summed E-state index contributed by atoms with van der Waals surface area (Å²) >= 11 is 0. The zero-order valence-corrected chi connectivity index (χ0v) is 16.7. The van der Waals surface area contributed by atoms with Gasteiger partial charge in [-0.2, -0.15) is 0 Å². The smallest absolute Gasteiger partial charge is 0.249 e. The summed E-state index contributed by atoms with van der Waals surface area (Å²) in [6.45, 7) is 0. The molecule has 1 aliphatic heterocycles. The van der Waals surface area contributed by atoms with Crippen LogP contribution in [0.2, 0.25) is 0 Å². The minimum atomic E-state index is -1.88. The van der Waals surface area contributed by atoms with Crippen LogP contribution in [0, 0.1) is 0 Å². The van der Waals surface area contributed by atoms with E-state index in [0.29, 0.717) is 5.56 Å². The van der Waals surface area contributed by atoms with E-state index in [1.54, 1.807) is 0 Å². The Balaban J connectivity index is 1.76. The van der Waals surface area contributed by atoms with Crippen molar-refractivity contribution >= 4 is 16.9 Å². The number of aromatic hydroxyl groups is 3. The Morgan fingerprint density at radius 2 is 1.61 bits per heavy atom. The number of fused-ring (bicyclic) bond motifs is 1. The number of benzene rings is 2. The molecule has 1 aromatic heterocycles. The summed E-state index contributed by atoms with van der Waals surface area (Å²) in [6, 6.07) is 7.83. The molecule has 0 spiro atoms. The van der Waals surface area contributed by atoms with Crippen molar-refractivity contribution in [3.63, 3.8) is 0 Å². The van der Waals surface area contributed by atoms with E-state index >= 15 is 0 Å². The van der Waals surface area contributed by atoms with Crippen LogP contribution in [-0.4, -0.2) is 67.3 Å². The number of hydrogen-bond acceptors (Lipinski definition) is 11. The molecule has 1 saturated heterocycles. The predicted octanol–water partition coefficient (Wildman–Crippen LogP) is -0.752. The van der Waals surface area contributed by atoms with Crippen LogP contribution in [0.15, 0.2) is 45.6 Å². The molecule has 0 radical (unpaired) electrons. The van der Waals surface area contributed by atoms with Crippen LogP contribution >= 0.6 is 0 Å². The number of aliphatic hydroxyl groups is 3. The lowest BCUT2D eigenvalue weighted by atomic mass is 9.98. The van der Waals surface area contributed by atoms with E-state index < -0.39 is 59.3 Å². The second-order valence-electron chi connectivity index (χ2n) is 7.38. The Labute approximate surface area is 184 Å². The zero-order chi connectivity index (χ0) is 24.0. The molecule has 4 rings (SSSR count). The highest BCUT2D eigenvalue weighted by Gasteiger charge is 2.47. The van der Waals surface area contributed by atoms with E-state index in [2.05, 4.69) is 0 Å². The van der Waals surface area contributed by atoms with Crippen LogP contribution in [0.1, 0.15) is 0 Å². The van der Waals surface area contributed by atoms with Gasteiger partial charge in [-0.1, -0.05) is 0 Å². The van der Waals surface area contributed by atoms with Crippen LogP contribution in [0.25, 0.3) is 22.3 Å². The Hall–Kier alpha value is -3.84. The molecular weight excluding hydrogens is 442 g/mol. The molecule has 2 aromatic carbocycles. The van der Waals surface area contributed by atoms with Gasteiger partial charge in [0.2, 0.25) is 17.9 Å². The van der Waals surface area contributed by atoms with Gasteiger partial charge in [-0.25, -0.2) is 0 Å². The molecule has 12 heteroatoms. The first-order chi connectivity index (χ1) is 15.6. The second kappa shape index (κ2) is 8.26. The largest absolute Gasteiger partial charge is 0.508 e. The molecule has 5 unspecified atom stereocenters. The van der Waals surface area contributed by atoms with Crippen molar-refractivity contribution in [3.05, 3.63) is 46.6 Å². The number of ether oxygens (including phenoxy) is 2. The highest BCUT2D eigenvalue weighted by Crippen LogP contribution is 2.42. The first-order valence-electron chi connectivity index (χ1n) is 9.56. The molecule has 174 valence electrons. The minimum absolute atomic E-state index is 0.00671. The maximum Gasteiger partial charge on any atom is 0.249 e. The monoisotopic (exact) mass is 461 g/mol. The Bertz CT molecular complexity index is 1270. The summed E-state index contributed by atoms with van der Waals surface area (Å²) in [5.74, 6) is -3.39. The summed E-state index contributed by atoms with van der Waals surface area (Å²) in [5, 5.41) is 59.7. The van der Waals surface area contributed by atoms with Crippen molar-refractivity contribution < 1.29 is 49.3 Å². The molecule has 1 fully saturated rings. The molecule has 0 aliphatic carbocycles. The molecule has 3 aromatic rings. The van der Waals surface area contributed by atoms with Gasteiger partial charge < -0.3 is 50.3 Å². The number of phenols is 3. The summed E-state index contributed by atoms with van der Waals surface area (Å²) < 4.78 is 16.1. The first-order valence-corrected chi connectivity index (χ1v) is 9.56. The van der Waals surface area contributed by atoms with Crippen LogP contribution in [0.5, 0.6) is 23.0 Å². The first kappa shape index (κ1) is 22.4. The van der Waals surface area contributed by atoms with Crippen LogP contribution < -0.4 is 15.9 Å². The minimum Gasteiger partial charge on any atom is -0.508 e. The number of carbonyl (C=O) groups is 1. The standard InChI is InChI=1S/C21H19NO11/c22-20(30)19-17(28)16(27)18(29)21(33-19)32-12-6-11-13(15(26)14(12)25)9(24)5-10(31-11)7-1-3-8(23)4-2-7/h1-6,16-19,21,23,25-29H,(H2,22,30). The van der Waals surface area contributed by atoms with Gasteiger partial charge in [0.15, 0.2) is 23.0 Å². The topological polar surface area (TPSA) is 213 Å². The average Bonchev–Trinajstić information content (AvgIpc) is 2.77. The molecular formula is C21H19NO11. The number of amides is 1. The molecule has 33 heavy (non-hydrogen) atoms. The van der Waals surface area contributed by atoms with Crippen molar-refractivity contribution in [3.8, 4) is 34.3 Å². The maximum absolute atomic E-state index is 12.6. The molecule has 1 aliphatic rings. The third-order valence-corrected chi connectivity index (χ3v) is 5.18. The van der Waals surface area contributed by atoms with Crippen molar-refractivity contribution in [2.75, 3.05) is 0 Å². The SMILES string of the molecule is NC(=O)C1OC(Oc2cc3oc(-c4ccc(O)cc4)cc(=O)c3c(O)c2O)C(O)C(O)C1O. The number of primary amides is 1. The number of rotatable bonds is 4. The number of carbonyl (C=O) groups excluding carboxylic acids is 1. The highest BCUT2D eigenvalue weighted by atomic mass is 16.7. The second-order valence-corrected chi connectivity index (χ2v) is 7.38. The predicted molar refractivity (Wildman–Crippen MR) is 109 cm³/mol. The van der Waals surface area contributed by atoms with E-state index in [0.717, 1.165) is 12.1 Å². The Kier molecular flexibility index (Phi) is 5.59. The van der Waals surface area contributed by atoms with Crippen LogP contribution in [0.4, 0.5) is 0 Å². The molecule has 0 saturated carbocycles. The summed E-state index contributed by atoms with van der Waals surface area (Å²) in [7, 11) is 0. The highest BCUT2D eigenvalue weighted by molar-refractivity contribution is 5.89. The van der Waals surface area contributed by atoms with Gasteiger partial charge in [0.05, 0.1) is 0 Å². The Morgan fingerprint density at radius 3 is 2.24 bits per heavy atom. The number of hydrogen-bond donors (Lipinski definition) is 7. The lowest BCUT2D eigenvalue weighted by Crippen LogP contribution is -2.62. The number of phenolic OH excluding ortho intramolecular Hbond substituents is 3. The van der Waals surface area contributed by atoms with Crippen LogP contribution in [0.3, 0.4) is 0 Å². The van der Waals surface area contributed by atoms with E-state index in [4.69, 9.17) is 19.6 Å².